The lowest BCUT2D eigenvalue weighted by Crippen LogP contribution is -2.42. The third-order valence-electron chi connectivity index (χ3n) is 2.57. The van der Waals surface area contributed by atoms with Gasteiger partial charge in [0, 0.05) is 11.3 Å². The average molecular weight is 281 g/mol. The highest BCUT2D eigenvalue weighted by molar-refractivity contribution is 7.99. The van der Waals surface area contributed by atoms with Crippen molar-refractivity contribution in [1.82, 2.24) is 5.32 Å². The van der Waals surface area contributed by atoms with Crippen LogP contribution < -0.4 is 5.32 Å². The molecule has 0 bridgehead atoms. The minimum absolute atomic E-state index is 0.343. The molecule has 1 amide bonds. The first-order chi connectivity index (χ1) is 9.15. The number of carbonyl (C=O) groups excluding carboxylic acids is 1. The van der Waals surface area contributed by atoms with E-state index in [0.29, 0.717) is 11.3 Å². The van der Waals surface area contributed by atoms with Crippen molar-refractivity contribution in [3.63, 3.8) is 0 Å². The van der Waals surface area contributed by atoms with Gasteiger partial charge in [-0.05, 0) is 24.3 Å². The number of hydrogen-bond donors (Lipinski definition) is 2. The van der Waals surface area contributed by atoms with Crippen molar-refractivity contribution < 1.29 is 14.7 Å². The summed E-state index contributed by atoms with van der Waals surface area (Å²) in [7, 11) is 0. The first-order valence-electron chi connectivity index (χ1n) is 6.31. The molecule has 0 saturated heterocycles. The maximum atomic E-state index is 11.9. The lowest BCUT2D eigenvalue weighted by Gasteiger charge is -2.14. The van der Waals surface area contributed by atoms with E-state index < -0.39 is 12.0 Å². The molecule has 4 nitrogen and oxygen atoms in total. The van der Waals surface area contributed by atoms with Gasteiger partial charge in [-0.1, -0.05) is 31.5 Å². The van der Waals surface area contributed by atoms with Crippen LogP contribution in [0, 0.1) is 0 Å². The molecule has 19 heavy (non-hydrogen) atoms. The molecule has 1 aromatic rings. The van der Waals surface area contributed by atoms with Crippen LogP contribution in [0.4, 0.5) is 0 Å². The van der Waals surface area contributed by atoms with Gasteiger partial charge in [0.2, 0.25) is 0 Å². The summed E-state index contributed by atoms with van der Waals surface area (Å²) in [5, 5.41) is 11.6. The van der Waals surface area contributed by atoms with E-state index in [1.807, 2.05) is 6.07 Å². The minimum atomic E-state index is -0.992. The molecule has 0 aliphatic carbocycles. The topological polar surface area (TPSA) is 66.4 Å². The third kappa shape index (κ3) is 5.79. The lowest BCUT2D eigenvalue weighted by molar-refractivity contribution is -0.138. The number of hydrogen-bond acceptors (Lipinski definition) is 3. The van der Waals surface area contributed by atoms with Crippen LogP contribution in [0.2, 0.25) is 0 Å². The van der Waals surface area contributed by atoms with Gasteiger partial charge in [0.1, 0.15) is 6.04 Å². The molecule has 0 aromatic heterocycles. The van der Waals surface area contributed by atoms with Crippen molar-refractivity contribution in [2.24, 2.45) is 0 Å². The van der Waals surface area contributed by atoms with Crippen LogP contribution in [0.5, 0.6) is 0 Å². The number of benzene rings is 1. The number of aliphatic carboxylic acids is 1. The second kappa shape index (κ2) is 8.58. The normalized spacial score (nSPS) is 11.8. The van der Waals surface area contributed by atoms with Gasteiger partial charge in [-0.25, -0.2) is 4.79 Å². The molecule has 0 unspecified atom stereocenters. The molecule has 0 fully saturated rings. The Bertz CT molecular complexity index is 408. The van der Waals surface area contributed by atoms with Crippen LogP contribution in [0.15, 0.2) is 30.3 Å². The maximum absolute atomic E-state index is 11.9. The Morgan fingerprint density at radius 1 is 1.32 bits per heavy atom. The minimum Gasteiger partial charge on any atom is -0.480 e. The fraction of sp³-hybridized carbons (Fsp3) is 0.429. The second-order valence-electron chi connectivity index (χ2n) is 4.16. The van der Waals surface area contributed by atoms with Gasteiger partial charge >= 0.3 is 5.97 Å². The number of carboxylic acid groups (broad SMARTS) is 1. The predicted octanol–water partition coefficient (Wildman–Crippen LogP) is 2.40. The van der Waals surface area contributed by atoms with Gasteiger partial charge in [0.15, 0.2) is 0 Å². The van der Waals surface area contributed by atoms with Crippen molar-refractivity contribution in [3.8, 4) is 0 Å². The Hall–Kier alpha value is -1.49. The van der Waals surface area contributed by atoms with Crippen LogP contribution >= 0.6 is 11.8 Å². The van der Waals surface area contributed by atoms with Gasteiger partial charge in [-0.3, -0.25) is 4.79 Å². The van der Waals surface area contributed by atoms with E-state index in [9.17, 15) is 9.59 Å². The van der Waals surface area contributed by atoms with E-state index in [0.717, 1.165) is 18.6 Å². The van der Waals surface area contributed by atoms with E-state index in [1.54, 1.807) is 36.0 Å². The molecule has 0 spiro atoms. The quantitative estimate of drug-likeness (QED) is 0.718. The van der Waals surface area contributed by atoms with Gasteiger partial charge in [0.25, 0.3) is 5.91 Å². The van der Waals surface area contributed by atoms with E-state index in [-0.39, 0.29) is 5.91 Å². The van der Waals surface area contributed by atoms with E-state index in [2.05, 4.69) is 12.2 Å². The van der Waals surface area contributed by atoms with Crippen LogP contribution in [-0.2, 0) is 4.79 Å². The fourth-order valence-corrected chi connectivity index (χ4v) is 2.57. The zero-order valence-electron chi connectivity index (χ0n) is 11.0. The molecule has 1 aromatic carbocycles. The Labute approximate surface area is 117 Å². The summed E-state index contributed by atoms with van der Waals surface area (Å²) < 4.78 is 0. The van der Waals surface area contributed by atoms with Crippen molar-refractivity contribution in [2.45, 2.75) is 25.8 Å². The highest BCUT2D eigenvalue weighted by Gasteiger charge is 2.20. The first-order valence-corrected chi connectivity index (χ1v) is 7.47. The van der Waals surface area contributed by atoms with Gasteiger partial charge in [-0.15, -0.1) is 0 Å². The predicted molar refractivity (Wildman–Crippen MR) is 77.6 cm³/mol. The summed E-state index contributed by atoms with van der Waals surface area (Å²) in [4.78, 5) is 23.0. The van der Waals surface area contributed by atoms with Gasteiger partial charge in [-0.2, -0.15) is 11.8 Å². The summed E-state index contributed by atoms with van der Waals surface area (Å²) in [5.41, 5.74) is 0.479. The second-order valence-corrected chi connectivity index (χ2v) is 5.31. The molecular formula is C14H19NO3S. The maximum Gasteiger partial charge on any atom is 0.327 e. The molecule has 0 saturated carbocycles. The van der Waals surface area contributed by atoms with Gasteiger partial charge < -0.3 is 10.4 Å². The fourth-order valence-electron chi connectivity index (χ4n) is 1.45. The van der Waals surface area contributed by atoms with Crippen LogP contribution in [0.3, 0.4) is 0 Å². The number of unbranched alkanes of at least 4 members (excludes halogenated alkanes) is 1. The molecular weight excluding hydrogens is 262 g/mol. The first kappa shape index (κ1) is 15.6. The Morgan fingerprint density at radius 2 is 2.00 bits per heavy atom. The smallest absolute Gasteiger partial charge is 0.327 e. The summed E-state index contributed by atoms with van der Waals surface area (Å²) >= 11 is 1.56. The molecule has 1 rings (SSSR count). The molecule has 104 valence electrons. The van der Waals surface area contributed by atoms with E-state index in [4.69, 9.17) is 5.11 Å². The van der Waals surface area contributed by atoms with Gasteiger partial charge in [0.05, 0.1) is 0 Å². The lowest BCUT2D eigenvalue weighted by atomic mass is 10.2. The number of carboxylic acids is 1. The number of thioether (sulfide) groups is 1. The standard InChI is InChI=1S/C14H19NO3S/c1-2-3-9-19-10-12(14(17)18)15-13(16)11-7-5-4-6-8-11/h4-8,12H,2-3,9-10H2,1H3,(H,15,16)(H,17,18)/t12-/m0/s1. The van der Waals surface area contributed by atoms with Crippen molar-refractivity contribution >= 4 is 23.6 Å². The average Bonchev–Trinajstić information content (AvgIpc) is 2.42. The highest BCUT2D eigenvalue weighted by Crippen LogP contribution is 2.08. The van der Waals surface area contributed by atoms with E-state index in [1.165, 1.54) is 0 Å². The summed E-state index contributed by atoms with van der Waals surface area (Å²) in [6.07, 6.45) is 2.14. The third-order valence-corrected chi connectivity index (χ3v) is 3.71. The molecule has 0 heterocycles. The SMILES string of the molecule is CCCCSC[C@H](NC(=O)c1ccccc1)C(=O)O. The summed E-state index contributed by atoms with van der Waals surface area (Å²) in [6, 6.07) is 7.80. The van der Waals surface area contributed by atoms with Crippen LogP contribution in [-0.4, -0.2) is 34.5 Å². The van der Waals surface area contributed by atoms with Crippen molar-refractivity contribution in [2.75, 3.05) is 11.5 Å². The molecule has 0 aliphatic heterocycles. The van der Waals surface area contributed by atoms with Crippen molar-refractivity contribution in [3.05, 3.63) is 35.9 Å². The summed E-state index contributed by atoms with van der Waals surface area (Å²) in [5.74, 6) is -0.0209. The number of nitrogens with one attached hydrogen (secondary N) is 1. The van der Waals surface area contributed by atoms with Crippen LogP contribution in [0.25, 0.3) is 0 Å². The molecule has 1 atom stereocenters. The number of amides is 1. The number of rotatable bonds is 8. The zero-order chi connectivity index (χ0) is 14.1. The largest absolute Gasteiger partial charge is 0.480 e. The molecule has 0 aliphatic rings. The number of carbonyl (C=O) groups is 2. The monoisotopic (exact) mass is 281 g/mol. The van der Waals surface area contributed by atoms with Crippen LogP contribution in [0.1, 0.15) is 30.1 Å². The van der Waals surface area contributed by atoms with E-state index >= 15 is 0 Å². The van der Waals surface area contributed by atoms with Crippen molar-refractivity contribution in [1.29, 1.82) is 0 Å². The molecule has 0 radical (unpaired) electrons. The Balaban J connectivity index is 2.49. The summed E-state index contributed by atoms with van der Waals surface area (Å²) in [6.45, 7) is 2.09. The highest BCUT2D eigenvalue weighted by atomic mass is 32.2. The Kier molecular flexibility index (Phi) is 7.03. The zero-order valence-corrected chi connectivity index (χ0v) is 11.8. The molecule has 2 N–H and O–H groups in total. The Morgan fingerprint density at radius 3 is 2.58 bits per heavy atom. The molecule has 5 heteroatoms.